The van der Waals surface area contributed by atoms with E-state index in [1.165, 1.54) is 14.2 Å². The van der Waals surface area contributed by atoms with E-state index in [0.29, 0.717) is 5.56 Å². The van der Waals surface area contributed by atoms with E-state index in [0.717, 1.165) is 16.7 Å². The summed E-state index contributed by atoms with van der Waals surface area (Å²) in [6.45, 7) is 2.02. The van der Waals surface area contributed by atoms with E-state index in [1.54, 1.807) is 12.1 Å². The second-order valence-electron chi connectivity index (χ2n) is 4.95. The predicted octanol–water partition coefficient (Wildman–Crippen LogP) is 4.33. The summed E-state index contributed by atoms with van der Waals surface area (Å²) in [7, 11) is -0.791. The van der Waals surface area contributed by atoms with E-state index in [-0.39, 0.29) is 11.9 Å². The fraction of sp³-hybridized carbons (Fsp3) is 0.235. The Balaban J connectivity index is 2.31. The molecule has 0 aliphatic carbocycles. The zero-order chi connectivity index (χ0) is 16.2. The van der Waals surface area contributed by atoms with Crippen LogP contribution in [0.5, 0.6) is 0 Å². The molecule has 0 N–H and O–H groups in total. The van der Waals surface area contributed by atoms with Crippen LogP contribution in [0, 0.1) is 6.92 Å². The van der Waals surface area contributed by atoms with Gasteiger partial charge in [0.25, 0.3) is 0 Å². The molecule has 0 aliphatic rings. The minimum Gasteiger partial charge on any atom is -0.312 e. The molecule has 0 heterocycles. The van der Waals surface area contributed by atoms with Crippen LogP contribution in [0.2, 0.25) is 0 Å². The highest BCUT2D eigenvalue weighted by molar-refractivity contribution is 7.54. The van der Waals surface area contributed by atoms with Gasteiger partial charge in [0, 0.05) is 19.8 Å². The first-order valence-electron chi connectivity index (χ1n) is 6.89. The molecule has 0 spiro atoms. The topological polar surface area (TPSA) is 52.6 Å². The number of carbonyl (C=O) groups is 1. The van der Waals surface area contributed by atoms with Crippen molar-refractivity contribution in [3.05, 3.63) is 59.7 Å². The molecule has 116 valence electrons. The molecule has 0 atom stereocenters. The Morgan fingerprint density at radius 3 is 2.36 bits per heavy atom. The van der Waals surface area contributed by atoms with Gasteiger partial charge in [0.2, 0.25) is 0 Å². The van der Waals surface area contributed by atoms with Crippen molar-refractivity contribution in [3.8, 4) is 11.1 Å². The van der Waals surface area contributed by atoms with Crippen molar-refractivity contribution < 1.29 is 18.4 Å². The summed E-state index contributed by atoms with van der Waals surface area (Å²) in [5.41, 5.74) is 3.65. The quantitative estimate of drug-likeness (QED) is 0.587. The van der Waals surface area contributed by atoms with Crippen LogP contribution >= 0.6 is 7.60 Å². The van der Waals surface area contributed by atoms with Gasteiger partial charge in [-0.3, -0.25) is 9.36 Å². The van der Waals surface area contributed by atoms with E-state index in [4.69, 9.17) is 9.05 Å². The molecule has 0 aliphatic heterocycles. The third-order valence-electron chi connectivity index (χ3n) is 3.53. The average Bonchev–Trinajstić information content (AvgIpc) is 2.55. The molecule has 0 fully saturated rings. The van der Waals surface area contributed by atoms with Crippen LogP contribution in [0.1, 0.15) is 15.9 Å². The molecule has 0 amide bonds. The normalized spacial score (nSPS) is 11.4. The van der Waals surface area contributed by atoms with Crippen LogP contribution in [0.3, 0.4) is 0 Å². The molecule has 22 heavy (non-hydrogen) atoms. The maximum absolute atomic E-state index is 12.3. The highest BCUT2D eigenvalue weighted by Gasteiger charge is 2.26. The molecule has 4 nitrogen and oxygen atoms in total. The zero-order valence-corrected chi connectivity index (χ0v) is 13.8. The summed E-state index contributed by atoms with van der Waals surface area (Å²) in [5.74, 6) is -0.262. The summed E-state index contributed by atoms with van der Waals surface area (Å²) in [5, 5.41) is 0. The van der Waals surface area contributed by atoms with Crippen LogP contribution in [-0.2, 0) is 13.6 Å². The Morgan fingerprint density at radius 2 is 1.73 bits per heavy atom. The maximum Gasteiger partial charge on any atom is 0.337 e. The molecular formula is C17H19O4P. The van der Waals surface area contributed by atoms with E-state index in [9.17, 15) is 9.36 Å². The molecule has 0 radical (unpaired) electrons. The number of ketones is 1. The Bertz CT molecular complexity index is 716. The highest BCUT2D eigenvalue weighted by Crippen LogP contribution is 2.46. The van der Waals surface area contributed by atoms with Crippen LogP contribution in [0.4, 0.5) is 0 Å². The Hall–Kier alpha value is -1.74. The number of hydrogen-bond acceptors (Lipinski definition) is 4. The number of Topliss-reactive ketones (excluding diaryl/α,β-unsaturated/α-hetero) is 1. The predicted molar refractivity (Wildman–Crippen MR) is 87.4 cm³/mol. The van der Waals surface area contributed by atoms with Crippen molar-refractivity contribution in [1.82, 2.24) is 0 Å². The van der Waals surface area contributed by atoms with Crippen LogP contribution in [0.15, 0.2) is 48.5 Å². The van der Waals surface area contributed by atoms with E-state index in [2.05, 4.69) is 0 Å². The lowest BCUT2D eigenvalue weighted by Crippen LogP contribution is -2.08. The first-order chi connectivity index (χ1) is 10.5. The minimum absolute atomic E-state index is 0.262. The van der Waals surface area contributed by atoms with Crippen molar-refractivity contribution in [2.24, 2.45) is 0 Å². The van der Waals surface area contributed by atoms with Gasteiger partial charge in [-0.05, 0) is 29.7 Å². The Labute approximate surface area is 130 Å². The van der Waals surface area contributed by atoms with Crippen LogP contribution in [0.25, 0.3) is 11.1 Å². The lowest BCUT2D eigenvalue weighted by atomic mass is 9.98. The first-order valence-corrected chi connectivity index (χ1v) is 8.61. The average molecular weight is 318 g/mol. The van der Waals surface area contributed by atoms with Gasteiger partial charge in [0.05, 0.1) is 0 Å². The van der Waals surface area contributed by atoms with Crippen molar-refractivity contribution >= 4 is 13.4 Å². The monoisotopic (exact) mass is 318 g/mol. The lowest BCUT2D eigenvalue weighted by Gasteiger charge is -2.13. The van der Waals surface area contributed by atoms with Crippen molar-refractivity contribution in [2.45, 2.75) is 6.92 Å². The fourth-order valence-corrected chi connectivity index (χ4v) is 3.17. The van der Waals surface area contributed by atoms with Gasteiger partial charge in [-0.15, -0.1) is 0 Å². The van der Waals surface area contributed by atoms with Crippen molar-refractivity contribution in [2.75, 3.05) is 20.4 Å². The third kappa shape index (κ3) is 3.72. The first kappa shape index (κ1) is 16.6. The van der Waals surface area contributed by atoms with Gasteiger partial charge in [-0.25, -0.2) is 0 Å². The number of carbonyl (C=O) groups excluding carboxylic acids is 1. The third-order valence-corrected chi connectivity index (χ3v) is 5.32. The van der Waals surface area contributed by atoms with Gasteiger partial charge < -0.3 is 9.05 Å². The summed E-state index contributed by atoms with van der Waals surface area (Å²) in [4.78, 5) is 12.3. The fourth-order valence-electron chi connectivity index (χ4n) is 2.23. The van der Waals surface area contributed by atoms with E-state index < -0.39 is 7.60 Å². The number of rotatable bonds is 6. The number of aryl methyl sites for hydroxylation is 1. The van der Waals surface area contributed by atoms with Crippen LogP contribution < -0.4 is 0 Å². The molecule has 2 aromatic rings. The molecule has 0 unspecified atom stereocenters. The second kappa shape index (κ2) is 7.01. The summed E-state index contributed by atoms with van der Waals surface area (Å²) < 4.78 is 21.7. The van der Waals surface area contributed by atoms with Crippen LogP contribution in [-0.4, -0.2) is 26.2 Å². The van der Waals surface area contributed by atoms with Gasteiger partial charge in [-0.2, -0.15) is 0 Å². The molecule has 2 aromatic carbocycles. The van der Waals surface area contributed by atoms with Crippen molar-refractivity contribution in [3.63, 3.8) is 0 Å². The molecule has 0 aromatic heterocycles. The largest absolute Gasteiger partial charge is 0.337 e. The van der Waals surface area contributed by atoms with E-state index in [1.807, 2.05) is 43.3 Å². The Kier molecular flexibility index (Phi) is 5.30. The summed E-state index contributed by atoms with van der Waals surface area (Å²) in [6.07, 6.45) is -0.267. The SMILES string of the molecule is COP(=O)(CC(=O)c1cccc(-c2ccccc2C)c1)OC. The number of benzene rings is 2. The number of hydrogen-bond donors (Lipinski definition) is 0. The van der Waals surface area contributed by atoms with Crippen molar-refractivity contribution in [1.29, 1.82) is 0 Å². The van der Waals surface area contributed by atoms with Gasteiger partial charge in [0.15, 0.2) is 5.78 Å². The lowest BCUT2D eigenvalue weighted by molar-refractivity contribution is 0.101. The molecule has 0 bridgehead atoms. The molecule has 0 saturated heterocycles. The minimum atomic E-state index is -3.35. The standard InChI is InChI=1S/C17H19O4P/c1-13-7-4-5-10-16(13)14-8-6-9-15(11-14)17(18)12-22(19,20-2)21-3/h4-11H,12H2,1-3H3. The molecule has 2 rings (SSSR count). The van der Waals surface area contributed by atoms with Gasteiger partial charge in [-0.1, -0.05) is 42.5 Å². The van der Waals surface area contributed by atoms with Gasteiger partial charge >= 0.3 is 7.60 Å². The highest BCUT2D eigenvalue weighted by atomic mass is 31.2. The van der Waals surface area contributed by atoms with Gasteiger partial charge in [0.1, 0.15) is 6.16 Å². The summed E-state index contributed by atoms with van der Waals surface area (Å²) in [6, 6.07) is 15.2. The Morgan fingerprint density at radius 1 is 1.05 bits per heavy atom. The summed E-state index contributed by atoms with van der Waals surface area (Å²) >= 11 is 0. The van der Waals surface area contributed by atoms with E-state index >= 15 is 0 Å². The maximum atomic E-state index is 12.3. The molecule has 5 heteroatoms. The zero-order valence-electron chi connectivity index (χ0n) is 12.9. The molecule has 0 saturated carbocycles. The molecular weight excluding hydrogens is 299 g/mol. The smallest absolute Gasteiger partial charge is 0.312 e. The second-order valence-corrected chi connectivity index (χ2v) is 7.22.